The highest BCUT2D eigenvalue weighted by atomic mass is 19.4. The van der Waals surface area contributed by atoms with Crippen molar-refractivity contribution in [3.63, 3.8) is 0 Å². The molecule has 0 aliphatic carbocycles. The molecule has 1 aromatic carbocycles. The molecule has 1 amide bonds. The average molecular weight is 431 g/mol. The quantitative estimate of drug-likeness (QED) is 0.717. The van der Waals surface area contributed by atoms with E-state index < -0.39 is 29.4 Å². The van der Waals surface area contributed by atoms with Crippen LogP contribution in [0.5, 0.6) is 0 Å². The van der Waals surface area contributed by atoms with Crippen LogP contribution in [0.25, 0.3) is 0 Å². The molecule has 0 atom stereocenters. The predicted molar refractivity (Wildman–Crippen MR) is 107 cm³/mol. The zero-order chi connectivity index (χ0) is 22.5. The van der Waals surface area contributed by atoms with E-state index >= 15 is 0 Å². The standard InChI is InChI=1S/C20H28F3N3O4/c1-19(2,3)30-18(28)26-11-9-25(10-12-26)16-6-5-14(13-15(16)20(21,22)23)24-8-7-17(27)29-4/h5-6,13,24H,7-12H2,1-4H3. The van der Waals surface area contributed by atoms with Gasteiger partial charge in [0, 0.05) is 44.1 Å². The van der Waals surface area contributed by atoms with Crippen LogP contribution < -0.4 is 10.2 Å². The number of ether oxygens (including phenoxy) is 2. The van der Waals surface area contributed by atoms with Gasteiger partial charge in [-0.3, -0.25) is 4.79 Å². The molecule has 0 spiro atoms. The first-order chi connectivity index (χ1) is 13.9. The monoisotopic (exact) mass is 431 g/mol. The van der Waals surface area contributed by atoms with E-state index in [-0.39, 0.29) is 50.5 Å². The topological polar surface area (TPSA) is 71.1 Å². The summed E-state index contributed by atoms with van der Waals surface area (Å²) in [5.74, 6) is -0.446. The van der Waals surface area contributed by atoms with Crippen LogP contribution >= 0.6 is 0 Å². The van der Waals surface area contributed by atoms with Crippen LogP contribution in [0.4, 0.5) is 29.3 Å². The second kappa shape index (κ2) is 9.44. The molecule has 168 valence electrons. The highest BCUT2D eigenvalue weighted by Gasteiger charge is 2.36. The van der Waals surface area contributed by atoms with Gasteiger partial charge in [-0.05, 0) is 39.0 Å². The SMILES string of the molecule is COC(=O)CCNc1ccc(N2CCN(C(=O)OC(C)(C)C)CC2)c(C(F)(F)F)c1. The van der Waals surface area contributed by atoms with E-state index in [9.17, 15) is 22.8 Å². The molecule has 1 fully saturated rings. The minimum absolute atomic E-state index is 0.0478. The molecule has 10 heteroatoms. The van der Waals surface area contributed by atoms with Gasteiger partial charge in [-0.25, -0.2) is 4.79 Å². The third-order valence-electron chi connectivity index (χ3n) is 4.46. The highest BCUT2D eigenvalue weighted by molar-refractivity contribution is 5.70. The van der Waals surface area contributed by atoms with E-state index in [4.69, 9.17) is 4.74 Å². The summed E-state index contributed by atoms with van der Waals surface area (Å²) in [6, 6.07) is 3.99. The highest BCUT2D eigenvalue weighted by Crippen LogP contribution is 2.38. The number of anilines is 2. The number of halogens is 3. The number of benzene rings is 1. The molecule has 2 rings (SSSR count). The summed E-state index contributed by atoms with van der Waals surface area (Å²) < 4.78 is 50.8. The van der Waals surface area contributed by atoms with E-state index in [1.165, 1.54) is 18.1 Å². The fraction of sp³-hybridized carbons (Fsp3) is 0.600. The molecule has 1 saturated heterocycles. The number of nitrogens with one attached hydrogen (secondary N) is 1. The molecule has 1 aromatic rings. The Hall–Kier alpha value is -2.65. The number of hydrogen-bond donors (Lipinski definition) is 1. The van der Waals surface area contributed by atoms with Gasteiger partial charge in [0.1, 0.15) is 5.60 Å². The van der Waals surface area contributed by atoms with Crippen molar-refractivity contribution in [3.8, 4) is 0 Å². The maximum Gasteiger partial charge on any atom is 0.418 e. The van der Waals surface area contributed by atoms with Crippen molar-refractivity contribution < 1.29 is 32.2 Å². The number of esters is 1. The van der Waals surface area contributed by atoms with Crippen molar-refractivity contribution >= 4 is 23.4 Å². The van der Waals surface area contributed by atoms with Gasteiger partial charge in [0.15, 0.2) is 0 Å². The summed E-state index contributed by atoms with van der Waals surface area (Å²) >= 11 is 0. The van der Waals surface area contributed by atoms with Crippen LogP contribution in [-0.4, -0.2) is 62.4 Å². The molecule has 0 aromatic heterocycles. The zero-order valence-electron chi connectivity index (χ0n) is 17.6. The Morgan fingerprint density at radius 2 is 1.73 bits per heavy atom. The number of methoxy groups -OCH3 is 1. The third kappa shape index (κ3) is 6.70. The Bertz CT molecular complexity index is 755. The number of nitrogens with zero attached hydrogens (tertiary/aromatic N) is 2. The number of hydrogen-bond acceptors (Lipinski definition) is 6. The largest absolute Gasteiger partial charge is 0.469 e. The predicted octanol–water partition coefficient (Wildman–Crippen LogP) is 3.74. The normalized spacial score (nSPS) is 15.0. The molecule has 0 bridgehead atoms. The molecule has 0 unspecified atom stereocenters. The number of carbonyl (C=O) groups excluding carboxylic acids is 2. The van der Waals surface area contributed by atoms with Crippen molar-refractivity contribution in [2.24, 2.45) is 0 Å². The number of amides is 1. The van der Waals surface area contributed by atoms with Crippen molar-refractivity contribution in [1.82, 2.24) is 4.90 Å². The first-order valence-electron chi connectivity index (χ1n) is 9.65. The lowest BCUT2D eigenvalue weighted by Crippen LogP contribution is -2.50. The van der Waals surface area contributed by atoms with Gasteiger partial charge in [-0.2, -0.15) is 13.2 Å². The van der Waals surface area contributed by atoms with E-state index in [2.05, 4.69) is 10.1 Å². The summed E-state index contributed by atoms with van der Waals surface area (Å²) in [5.41, 5.74) is -1.07. The molecule has 30 heavy (non-hydrogen) atoms. The first kappa shape index (κ1) is 23.6. The molecular weight excluding hydrogens is 403 g/mol. The summed E-state index contributed by atoms with van der Waals surface area (Å²) in [4.78, 5) is 26.4. The molecule has 7 nitrogen and oxygen atoms in total. The number of alkyl halides is 3. The van der Waals surface area contributed by atoms with Crippen molar-refractivity contribution in [2.75, 3.05) is 50.1 Å². The number of piperazine rings is 1. The molecular formula is C20H28F3N3O4. The minimum Gasteiger partial charge on any atom is -0.469 e. The van der Waals surface area contributed by atoms with Gasteiger partial charge in [-0.1, -0.05) is 0 Å². The number of carbonyl (C=O) groups is 2. The lowest BCUT2D eigenvalue weighted by molar-refractivity contribution is -0.140. The Kier molecular flexibility index (Phi) is 7.44. The fourth-order valence-corrected chi connectivity index (χ4v) is 3.02. The molecule has 1 N–H and O–H groups in total. The van der Waals surface area contributed by atoms with E-state index in [1.54, 1.807) is 31.7 Å². The second-order valence-electron chi connectivity index (χ2n) is 7.94. The van der Waals surface area contributed by atoms with E-state index in [0.29, 0.717) is 0 Å². The van der Waals surface area contributed by atoms with Crippen LogP contribution in [0.2, 0.25) is 0 Å². The van der Waals surface area contributed by atoms with E-state index in [0.717, 1.165) is 6.07 Å². The smallest absolute Gasteiger partial charge is 0.418 e. The van der Waals surface area contributed by atoms with Gasteiger partial charge >= 0.3 is 18.2 Å². The average Bonchev–Trinajstić information content (AvgIpc) is 2.66. The Labute approximate surface area is 174 Å². The van der Waals surface area contributed by atoms with Gasteiger partial charge in [0.2, 0.25) is 0 Å². The fourth-order valence-electron chi connectivity index (χ4n) is 3.02. The second-order valence-corrected chi connectivity index (χ2v) is 7.94. The zero-order valence-corrected chi connectivity index (χ0v) is 17.6. The Balaban J connectivity index is 2.08. The van der Waals surface area contributed by atoms with Gasteiger partial charge in [0.25, 0.3) is 0 Å². The van der Waals surface area contributed by atoms with Gasteiger partial charge in [-0.15, -0.1) is 0 Å². The molecule has 1 heterocycles. The van der Waals surface area contributed by atoms with Crippen LogP contribution in [0.15, 0.2) is 18.2 Å². The van der Waals surface area contributed by atoms with Crippen LogP contribution in [0.1, 0.15) is 32.8 Å². The molecule has 1 aliphatic rings. The van der Waals surface area contributed by atoms with Crippen molar-refractivity contribution in [2.45, 2.75) is 39.0 Å². The third-order valence-corrected chi connectivity index (χ3v) is 4.46. The lowest BCUT2D eigenvalue weighted by atomic mass is 10.1. The van der Waals surface area contributed by atoms with Crippen molar-refractivity contribution in [1.29, 1.82) is 0 Å². The summed E-state index contributed by atoms with van der Waals surface area (Å²) in [6.45, 7) is 6.51. The van der Waals surface area contributed by atoms with Gasteiger partial charge < -0.3 is 24.6 Å². The van der Waals surface area contributed by atoms with Crippen LogP contribution in [-0.2, 0) is 20.4 Å². The maximum absolute atomic E-state index is 13.7. The Morgan fingerprint density at radius 3 is 2.27 bits per heavy atom. The van der Waals surface area contributed by atoms with Crippen molar-refractivity contribution in [3.05, 3.63) is 23.8 Å². The van der Waals surface area contributed by atoms with E-state index in [1.807, 2.05) is 0 Å². The summed E-state index contributed by atoms with van der Waals surface area (Å²) in [6.07, 6.45) is -4.97. The first-order valence-corrected chi connectivity index (χ1v) is 9.65. The molecule has 1 aliphatic heterocycles. The van der Waals surface area contributed by atoms with Crippen LogP contribution in [0.3, 0.4) is 0 Å². The molecule has 0 radical (unpaired) electrons. The Morgan fingerprint density at radius 1 is 1.10 bits per heavy atom. The lowest BCUT2D eigenvalue weighted by Gasteiger charge is -2.37. The minimum atomic E-state index is -4.54. The molecule has 0 saturated carbocycles. The van der Waals surface area contributed by atoms with Crippen LogP contribution in [0, 0.1) is 0 Å². The van der Waals surface area contributed by atoms with Gasteiger partial charge in [0.05, 0.1) is 19.1 Å². The summed E-state index contributed by atoms with van der Waals surface area (Å²) in [5, 5.41) is 2.81. The number of rotatable bonds is 5. The summed E-state index contributed by atoms with van der Waals surface area (Å²) in [7, 11) is 1.25. The maximum atomic E-state index is 13.7.